The van der Waals surface area contributed by atoms with Crippen molar-refractivity contribution in [3.8, 4) is 0 Å². The standard InChI is InChI=1S/C6H16O2Si.C4H11NO/c1-5-6-9(4,7-2)8-3;1-4(6)5(2)3/h5-6H2,1-4H3;4,6H,1-3H3. The molecule has 0 aliphatic rings. The molecule has 5 heteroatoms. The van der Waals surface area contributed by atoms with Crippen LogP contribution in [0.15, 0.2) is 0 Å². The molecule has 0 aromatic heterocycles. The van der Waals surface area contributed by atoms with Crippen LogP contribution in [0.25, 0.3) is 0 Å². The third-order valence-electron chi connectivity index (χ3n) is 2.32. The van der Waals surface area contributed by atoms with Crippen molar-refractivity contribution in [2.75, 3.05) is 28.3 Å². The fraction of sp³-hybridized carbons (Fsp3) is 1.00. The summed E-state index contributed by atoms with van der Waals surface area (Å²) in [6, 6.07) is 1.08. The van der Waals surface area contributed by atoms with Gasteiger partial charge in [0.25, 0.3) is 0 Å². The summed E-state index contributed by atoms with van der Waals surface area (Å²) in [6.07, 6.45) is 0.828. The Bertz CT molecular complexity index is 133. The second-order valence-corrected chi connectivity index (χ2v) is 7.47. The van der Waals surface area contributed by atoms with E-state index in [1.165, 1.54) is 0 Å². The molecule has 15 heavy (non-hydrogen) atoms. The zero-order valence-electron chi connectivity index (χ0n) is 11.2. The fourth-order valence-corrected chi connectivity index (χ4v) is 2.22. The quantitative estimate of drug-likeness (QED) is 0.583. The van der Waals surface area contributed by atoms with Crippen LogP contribution in [0.2, 0.25) is 12.6 Å². The maximum atomic E-state index is 8.56. The van der Waals surface area contributed by atoms with Gasteiger partial charge in [-0.05, 0) is 33.6 Å². The van der Waals surface area contributed by atoms with Gasteiger partial charge in [0.15, 0.2) is 0 Å². The minimum absolute atomic E-state index is 0.315. The van der Waals surface area contributed by atoms with Crippen molar-refractivity contribution in [2.24, 2.45) is 0 Å². The summed E-state index contributed by atoms with van der Waals surface area (Å²) in [4.78, 5) is 1.72. The van der Waals surface area contributed by atoms with E-state index >= 15 is 0 Å². The van der Waals surface area contributed by atoms with Gasteiger partial charge in [-0.25, -0.2) is 0 Å². The molecule has 0 fully saturated rings. The van der Waals surface area contributed by atoms with Crippen molar-refractivity contribution in [3.63, 3.8) is 0 Å². The van der Waals surface area contributed by atoms with E-state index in [-0.39, 0.29) is 6.23 Å². The van der Waals surface area contributed by atoms with Gasteiger partial charge < -0.3 is 14.0 Å². The topological polar surface area (TPSA) is 41.9 Å². The summed E-state index contributed by atoms with van der Waals surface area (Å²) in [7, 11) is 5.41. The minimum atomic E-state index is -1.70. The molecule has 0 aromatic carbocycles. The highest BCUT2D eigenvalue weighted by Gasteiger charge is 2.26. The van der Waals surface area contributed by atoms with Crippen LogP contribution in [-0.2, 0) is 8.85 Å². The fourth-order valence-electron chi connectivity index (χ4n) is 0.742. The summed E-state index contributed by atoms with van der Waals surface area (Å²) in [5.41, 5.74) is 0. The Morgan fingerprint density at radius 1 is 1.27 bits per heavy atom. The number of nitrogens with zero attached hydrogens (tertiary/aromatic N) is 1. The van der Waals surface area contributed by atoms with Gasteiger partial charge in [-0.3, -0.25) is 4.90 Å². The third kappa shape index (κ3) is 10.3. The number of aliphatic hydroxyl groups excluding tert-OH is 1. The van der Waals surface area contributed by atoms with Crippen molar-refractivity contribution in [2.45, 2.75) is 39.1 Å². The maximum absolute atomic E-state index is 8.56. The molecule has 0 saturated carbocycles. The molecule has 0 aromatic rings. The molecule has 0 radical (unpaired) electrons. The Morgan fingerprint density at radius 2 is 1.60 bits per heavy atom. The van der Waals surface area contributed by atoms with Crippen LogP contribution in [0.1, 0.15) is 20.3 Å². The predicted molar refractivity (Wildman–Crippen MR) is 66.1 cm³/mol. The SMILES string of the molecule is CC(O)N(C)C.CCC[Si](C)(OC)OC. The van der Waals surface area contributed by atoms with Gasteiger partial charge in [-0.2, -0.15) is 0 Å². The van der Waals surface area contributed by atoms with Crippen LogP contribution in [-0.4, -0.2) is 53.1 Å². The molecule has 0 spiro atoms. The summed E-state index contributed by atoms with van der Waals surface area (Å²) >= 11 is 0. The molecule has 0 amide bonds. The molecule has 0 bridgehead atoms. The Balaban J connectivity index is 0. The maximum Gasteiger partial charge on any atom is 0.334 e. The van der Waals surface area contributed by atoms with E-state index in [0.29, 0.717) is 0 Å². The van der Waals surface area contributed by atoms with Crippen LogP contribution in [0, 0.1) is 0 Å². The molecule has 4 nitrogen and oxygen atoms in total. The van der Waals surface area contributed by atoms with E-state index in [1.807, 2.05) is 14.1 Å². The van der Waals surface area contributed by atoms with Gasteiger partial charge in [0.05, 0.1) is 0 Å². The first-order valence-electron chi connectivity index (χ1n) is 5.27. The van der Waals surface area contributed by atoms with E-state index in [4.69, 9.17) is 14.0 Å². The lowest BCUT2D eigenvalue weighted by atomic mass is 10.6. The summed E-state index contributed by atoms with van der Waals surface area (Å²) in [6.45, 7) is 5.94. The van der Waals surface area contributed by atoms with Crippen LogP contribution >= 0.6 is 0 Å². The van der Waals surface area contributed by atoms with Gasteiger partial charge in [-0.1, -0.05) is 13.3 Å². The lowest BCUT2D eigenvalue weighted by Gasteiger charge is -2.21. The van der Waals surface area contributed by atoms with E-state index in [0.717, 1.165) is 12.5 Å². The van der Waals surface area contributed by atoms with Crippen LogP contribution in [0.5, 0.6) is 0 Å². The first-order chi connectivity index (χ1) is 6.82. The second-order valence-electron chi connectivity index (χ2n) is 3.89. The smallest absolute Gasteiger partial charge is 0.334 e. The number of hydrogen-bond acceptors (Lipinski definition) is 4. The zero-order valence-corrected chi connectivity index (χ0v) is 12.2. The van der Waals surface area contributed by atoms with Crippen LogP contribution in [0.3, 0.4) is 0 Å². The number of aliphatic hydroxyl groups is 1. The van der Waals surface area contributed by atoms with Crippen molar-refractivity contribution < 1.29 is 14.0 Å². The van der Waals surface area contributed by atoms with Crippen molar-refractivity contribution in [1.82, 2.24) is 4.90 Å². The molecule has 1 N–H and O–H groups in total. The average molecular weight is 237 g/mol. The highest BCUT2D eigenvalue weighted by atomic mass is 28.4. The largest absolute Gasteiger partial charge is 0.398 e. The summed E-state index contributed by atoms with van der Waals surface area (Å²) < 4.78 is 10.5. The second kappa shape index (κ2) is 9.29. The molecule has 1 unspecified atom stereocenters. The number of rotatable bonds is 5. The zero-order chi connectivity index (χ0) is 12.5. The first kappa shape index (κ1) is 17.5. The highest BCUT2D eigenvalue weighted by molar-refractivity contribution is 6.65. The third-order valence-corrected chi connectivity index (χ3v) is 5.45. The van der Waals surface area contributed by atoms with E-state index < -0.39 is 8.56 Å². The Hall–Kier alpha value is 0.0569. The summed E-state index contributed by atoms with van der Waals surface area (Å²) in [5, 5.41) is 8.56. The first-order valence-corrected chi connectivity index (χ1v) is 7.80. The van der Waals surface area contributed by atoms with Crippen molar-refractivity contribution >= 4 is 8.56 Å². The van der Waals surface area contributed by atoms with E-state index in [9.17, 15) is 0 Å². The van der Waals surface area contributed by atoms with Crippen molar-refractivity contribution in [3.05, 3.63) is 0 Å². The molecule has 1 atom stereocenters. The Morgan fingerprint density at radius 3 is 1.67 bits per heavy atom. The van der Waals surface area contributed by atoms with Crippen molar-refractivity contribution in [1.29, 1.82) is 0 Å². The van der Waals surface area contributed by atoms with Gasteiger partial charge >= 0.3 is 8.56 Å². The normalized spacial score (nSPS) is 13.4. The highest BCUT2D eigenvalue weighted by Crippen LogP contribution is 2.12. The predicted octanol–water partition coefficient (Wildman–Crippen LogP) is 1.65. The molecule has 94 valence electrons. The average Bonchev–Trinajstić information content (AvgIpc) is 2.19. The molecule has 0 saturated heterocycles. The van der Waals surface area contributed by atoms with Gasteiger partial charge in [0.2, 0.25) is 0 Å². The van der Waals surface area contributed by atoms with Crippen LogP contribution in [0.4, 0.5) is 0 Å². The molecule has 0 aliphatic heterocycles. The molecular weight excluding hydrogens is 210 g/mol. The van der Waals surface area contributed by atoms with Gasteiger partial charge in [0, 0.05) is 14.2 Å². The molecular formula is C10H27NO3Si. The number of hydrogen-bond donors (Lipinski definition) is 1. The lowest BCUT2D eigenvalue weighted by molar-refractivity contribution is 0.0578. The molecule has 0 rings (SSSR count). The minimum Gasteiger partial charge on any atom is -0.398 e. The van der Waals surface area contributed by atoms with E-state index in [1.54, 1.807) is 26.0 Å². The van der Waals surface area contributed by atoms with Crippen LogP contribution < -0.4 is 0 Å². The van der Waals surface area contributed by atoms with Gasteiger partial charge in [0.1, 0.15) is 6.23 Å². The van der Waals surface area contributed by atoms with E-state index in [2.05, 4.69) is 13.5 Å². The van der Waals surface area contributed by atoms with Gasteiger partial charge in [-0.15, -0.1) is 0 Å². The summed E-state index contributed by atoms with van der Waals surface area (Å²) in [5.74, 6) is 0. The Labute approximate surface area is 95.4 Å². The molecule has 0 aliphatic carbocycles. The lowest BCUT2D eigenvalue weighted by Crippen LogP contribution is -2.35. The Kier molecular flexibility index (Phi) is 10.8. The molecule has 0 heterocycles. The monoisotopic (exact) mass is 237 g/mol.